The van der Waals surface area contributed by atoms with Gasteiger partial charge in [0.25, 0.3) is 5.91 Å². The van der Waals surface area contributed by atoms with Crippen LogP contribution in [0.4, 0.5) is 0 Å². The van der Waals surface area contributed by atoms with Crippen LogP contribution in [0.5, 0.6) is 0 Å². The smallest absolute Gasteiger partial charge is 0.271 e. The van der Waals surface area contributed by atoms with Gasteiger partial charge in [0.05, 0.1) is 5.69 Å². The van der Waals surface area contributed by atoms with Gasteiger partial charge in [0.15, 0.2) is 5.69 Å². The molecular weight excluding hydrogens is 222 g/mol. The molecule has 7 heteroatoms. The quantitative estimate of drug-likeness (QED) is 0.729. The Labute approximate surface area is 99.4 Å². The maximum Gasteiger partial charge on any atom is 0.271 e. The standard InChI is InChI=1S/C10H17N5O2/c1-4-6(2)12-8(16)5-15-7(3)9(10(11)17)13-14-15/h6H,4-5H2,1-3H3,(H2,11,17)(H,12,16). The minimum absolute atomic E-state index is 0.0381. The molecule has 0 bridgehead atoms. The van der Waals surface area contributed by atoms with Crippen molar-refractivity contribution in [3.05, 3.63) is 11.4 Å². The van der Waals surface area contributed by atoms with Crippen LogP contribution in [-0.4, -0.2) is 32.9 Å². The van der Waals surface area contributed by atoms with E-state index in [-0.39, 0.29) is 24.2 Å². The molecule has 0 fully saturated rings. The third kappa shape index (κ3) is 3.27. The van der Waals surface area contributed by atoms with Crippen LogP contribution in [0, 0.1) is 6.92 Å². The van der Waals surface area contributed by atoms with E-state index in [4.69, 9.17) is 5.73 Å². The van der Waals surface area contributed by atoms with Crippen molar-refractivity contribution in [3.63, 3.8) is 0 Å². The minimum Gasteiger partial charge on any atom is -0.364 e. The summed E-state index contributed by atoms with van der Waals surface area (Å²) in [6.45, 7) is 5.59. The monoisotopic (exact) mass is 239 g/mol. The number of hydrogen-bond acceptors (Lipinski definition) is 4. The lowest BCUT2D eigenvalue weighted by atomic mass is 10.2. The van der Waals surface area contributed by atoms with Gasteiger partial charge >= 0.3 is 0 Å². The first-order valence-corrected chi connectivity index (χ1v) is 5.45. The summed E-state index contributed by atoms with van der Waals surface area (Å²) in [6.07, 6.45) is 0.856. The number of carbonyl (C=O) groups excluding carboxylic acids is 2. The van der Waals surface area contributed by atoms with Crippen LogP contribution in [0.15, 0.2) is 0 Å². The van der Waals surface area contributed by atoms with Crippen molar-refractivity contribution >= 4 is 11.8 Å². The highest BCUT2D eigenvalue weighted by Crippen LogP contribution is 2.02. The minimum atomic E-state index is -0.643. The van der Waals surface area contributed by atoms with Gasteiger partial charge in [-0.25, -0.2) is 4.68 Å². The molecule has 1 heterocycles. The summed E-state index contributed by atoms with van der Waals surface area (Å²) in [5, 5.41) is 10.1. The SMILES string of the molecule is CCC(C)NC(=O)Cn1nnc(C(N)=O)c1C. The third-order valence-corrected chi connectivity index (χ3v) is 2.53. The Balaban J connectivity index is 2.69. The number of hydrogen-bond donors (Lipinski definition) is 2. The van der Waals surface area contributed by atoms with Crippen LogP contribution < -0.4 is 11.1 Å². The molecule has 1 aromatic heterocycles. The zero-order valence-corrected chi connectivity index (χ0v) is 10.2. The average molecular weight is 239 g/mol. The van der Waals surface area contributed by atoms with E-state index in [0.29, 0.717) is 5.69 Å². The number of aromatic nitrogens is 3. The van der Waals surface area contributed by atoms with Crippen molar-refractivity contribution in [2.45, 2.75) is 39.8 Å². The number of nitrogens with zero attached hydrogens (tertiary/aromatic N) is 3. The molecule has 0 aliphatic rings. The van der Waals surface area contributed by atoms with E-state index in [1.54, 1.807) is 6.92 Å². The van der Waals surface area contributed by atoms with Crippen LogP contribution in [0.3, 0.4) is 0 Å². The number of nitrogens with two attached hydrogens (primary N) is 1. The Kier molecular flexibility index (Phi) is 4.19. The summed E-state index contributed by atoms with van der Waals surface area (Å²) >= 11 is 0. The summed E-state index contributed by atoms with van der Waals surface area (Å²) in [7, 11) is 0. The average Bonchev–Trinajstić information content (AvgIpc) is 2.60. The molecule has 1 unspecified atom stereocenters. The lowest BCUT2D eigenvalue weighted by Crippen LogP contribution is -2.35. The summed E-state index contributed by atoms with van der Waals surface area (Å²) in [5.74, 6) is -0.806. The highest BCUT2D eigenvalue weighted by Gasteiger charge is 2.15. The molecular formula is C10H17N5O2. The molecule has 0 radical (unpaired) electrons. The van der Waals surface area contributed by atoms with Crippen LogP contribution >= 0.6 is 0 Å². The molecule has 1 rings (SSSR count). The molecule has 0 saturated carbocycles. The number of rotatable bonds is 5. The molecule has 0 saturated heterocycles. The van der Waals surface area contributed by atoms with Gasteiger partial charge in [-0.2, -0.15) is 0 Å². The van der Waals surface area contributed by atoms with Crippen LogP contribution in [0.1, 0.15) is 36.5 Å². The number of carbonyl (C=O) groups is 2. The van der Waals surface area contributed by atoms with Gasteiger partial charge in [-0.3, -0.25) is 9.59 Å². The zero-order chi connectivity index (χ0) is 13.0. The third-order valence-electron chi connectivity index (χ3n) is 2.53. The molecule has 17 heavy (non-hydrogen) atoms. The van der Waals surface area contributed by atoms with E-state index < -0.39 is 5.91 Å². The number of primary amides is 1. The van der Waals surface area contributed by atoms with Crippen LogP contribution in [-0.2, 0) is 11.3 Å². The van der Waals surface area contributed by atoms with Gasteiger partial charge in [-0.15, -0.1) is 5.10 Å². The van der Waals surface area contributed by atoms with E-state index in [9.17, 15) is 9.59 Å². The maximum absolute atomic E-state index is 11.6. The Bertz CT molecular complexity index is 426. The maximum atomic E-state index is 11.6. The molecule has 0 spiro atoms. The molecule has 0 aliphatic carbocycles. The van der Waals surface area contributed by atoms with Gasteiger partial charge in [0, 0.05) is 6.04 Å². The Morgan fingerprint density at radius 3 is 2.65 bits per heavy atom. The second-order valence-electron chi connectivity index (χ2n) is 3.92. The molecule has 1 aromatic rings. The molecule has 1 atom stereocenters. The summed E-state index contributed by atoms with van der Waals surface area (Å²) < 4.78 is 1.36. The summed E-state index contributed by atoms with van der Waals surface area (Å²) in [6, 6.07) is 0.113. The zero-order valence-electron chi connectivity index (χ0n) is 10.2. The van der Waals surface area contributed by atoms with Gasteiger partial charge in [-0.1, -0.05) is 12.1 Å². The lowest BCUT2D eigenvalue weighted by Gasteiger charge is -2.11. The normalized spacial score (nSPS) is 12.2. The summed E-state index contributed by atoms with van der Waals surface area (Å²) in [4.78, 5) is 22.5. The highest BCUT2D eigenvalue weighted by atomic mass is 16.2. The van der Waals surface area contributed by atoms with Gasteiger partial charge in [0.1, 0.15) is 6.54 Å². The molecule has 7 nitrogen and oxygen atoms in total. The number of nitrogens with one attached hydrogen (secondary N) is 1. The fourth-order valence-electron chi connectivity index (χ4n) is 1.30. The predicted octanol–water partition coefficient (Wildman–Crippen LogP) is -0.400. The van der Waals surface area contributed by atoms with Gasteiger partial charge < -0.3 is 11.1 Å². The van der Waals surface area contributed by atoms with E-state index in [2.05, 4.69) is 15.6 Å². The largest absolute Gasteiger partial charge is 0.364 e. The first-order chi connectivity index (χ1) is 7.95. The fourth-order valence-corrected chi connectivity index (χ4v) is 1.30. The van der Waals surface area contributed by atoms with Crippen molar-refractivity contribution in [1.29, 1.82) is 0 Å². The van der Waals surface area contributed by atoms with Crippen LogP contribution in [0.2, 0.25) is 0 Å². The van der Waals surface area contributed by atoms with Crippen molar-refractivity contribution in [2.75, 3.05) is 0 Å². The second kappa shape index (κ2) is 5.42. The molecule has 0 aromatic carbocycles. The molecule has 2 amide bonds. The van der Waals surface area contributed by atoms with Crippen LogP contribution in [0.25, 0.3) is 0 Å². The topological polar surface area (TPSA) is 103 Å². The van der Waals surface area contributed by atoms with Crippen molar-refractivity contribution in [1.82, 2.24) is 20.3 Å². The molecule has 0 aliphatic heterocycles. The van der Waals surface area contributed by atoms with Gasteiger partial charge in [-0.05, 0) is 20.3 Å². The summed E-state index contributed by atoms with van der Waals surface area (Å²) in [5.41, 5.74) is 5.70. The van der Waals surface area contributed by atoms with Crippen molar-refractivity contribution < 1.29 is 9.59 Å². The van der Waals surface area contributed by atoms with E-state index >= 15 is 0 Å². The Hall–Kier alpha value is -1.92. The first kappa shape index (κ1) is 13.1. The molecule has 3 N–H and O–H groups in total. The first-order valence-electron chi connectivity index (χ1n) is 5.45. The highest BCUT2D eigenvalue weighted by molar-refractivity contribution is 5.91. The van der Waals surface area contributed by atoms with E-state index in [1.165, 1.54) is 4.68 Å². The Morgan fingerprint density at radius 1 is 1.53 bits per heavy atom. The van der Waals surface area contributed by atoms with Crippen molar-refractivity contribution in [3.8, 4) is 0 Å². The van der Waals surface area contributed by atoms with Crippen molar-refractivity contribution in [2.24, 2.45) is 5.73 Å². The van der Waals surface area contributed by atoms with E-state index in [1.807, 2.05) is 13.8 Å². The molecule has 94 valence electrons. The fraction of sp³-hybridized carbons (Fsp3) is 0.600. The predicted molar refractivity (Wildman–Crippen MR) is 61.2 cm³/mol. The van der Waals surface area contributed by atoms with Gasteiger partial charge in [0.2, 0.25) is 5.91 Å². The second-order valence-corrected chi connectivity index (χ2v) is 3.92. The number of amides is 2. The lowest BCUT2D eigenvalue weighted by molar-refractivity contribution is -0.122. The Morgan fingerprint density at radius 2 is 2.18 bits per heavy atom. The van der Waals surface area contributed by atoms with E-state index in [0.717, 1.165) is 6.42 Å².